The topological polar surface area (TPSA) is 35.9 Å². The van der Waals surface area contributed by atoms with E-state index in [-0.39, 0.29) is 23.7 Å². The number of phenolic OH excluding ortho intramolecular Hbond substituents is 1. The van der Waals surface area contributed by atoms with Crippen LogP contribution in [0.2, 0.25) is 0 Å². The Kier molecular flexibility index (Phi) is 8.13. The van der Waals surface area contributed by atoms with E-state index in [0.29, 0.717) is 5.75 Å². The number of rotatable bonds is 9. The van der Waals surface area contributed by atoms with Crippen LogP contribution in [0.15, 0.2) is 97.1 Å². The number of hydrogen-bond donors (Lipinski definition) is 1. The van der Waals surface area contributed by atoms with Crippen LogP contribution in [0.25, 0.3) is 11.1 Å². The van der Waals surface area contributed by atoms with Crippen molar-refractivity contribution in [2.75, 3.05) is 19.1 Å². The zero-order valence-corrected chi connectivity index (χ0v) is 23.1. The number of anilines is 1. The first-order valence-electron chi connectivity index (χ1n) is 13.3. The van der Waals surface area contributed by atoms with E-state index < -0.39 is 0 Å². The molecule has 5 rings (SSSR count). The Labute approximate surface area is 235 Å². The van der Waals surface area contributed by atoms with Crippen LogP contribution in [0.1, 0.15) is 36.4 Å². The van der Waals surface area contributed by atoms with E-state index in [1.165, 1.54) is 12.1 Å². The van der Waals surface area contributed by atoms with Crippen molar-refractivity contribution < 1.29 is 14.2 Å². The summed E-state index contributed by atoms with van der Waals surface area (Å²) in [5.41, 5.74) is 5.24. The van der Waals surface area contributed by atoms with Crippen LogP contribution in [0.5, 0.6) is 11.5 Å². The second-order valence-corrected chi connectivity index (χ2v) is 10.4. The minimum absolute atomic E-state index is 0.0683. The largest absolute Gasteiger partial charge is 0.507 e. The smallest absolute Gasteiger partial charge is 0.176 e. The monoisotopic (exact) mass is 540 g/mol. The van der Waals surface area contributed by atoms with E-state index in [2.05, 4.69) is 46.2 Å². The lowest BCUT2D eigenvalue weighted by Gasteiger charge is -2.29. The van der Waals surface area contributed by atoms with Gasteiger partial charge in [-0.1, -0.05) is 61.0 Å². The number of hydrogen-bond acceptors (Lipinski definition) is 3. The SMILES string of the molecule is COc1ccc(C2C(CCCCc3ccc(F)cc3)N(C)C(=S)N2c2ccc(-c3ccccc3)cc2)c(O)c1. The predicted molar refractivity (Wildman–Crippen MR) is 160 cm³/mol. The molecular weight excluding hydrogens is 507 g/mol. The first-order chi connectivity index (χ1) is 19.0. The zero-order chi connectivity index (χ0) is 27.4. The second-order valence-electron chi connectivity index (χ2n) is 9.99. The predicted octanol–water partition coefficient (Wildman–Crippen LogP) is 7.77. The minimum Gasteiger partial charge on any atom is -0.507 e. The van der Waals surface area contributed by atoms with Crippen molar-refractivity contribution in [1.82, 2.24) is 4.90 Å². The summed E-state index contributed by atoms with van der Waals surface area (Å²) in [6.45, 7) is 0. The molecular formula is C33H33FN2O2S. The highest BCUT2D eigenvalue weighted by molar-refractivity contribution is 7.80. The fourth-order valence-corrected chi connectivity index (χ4v) is 5.82. The van der Waals surface area contributed by atoms with E-state index in [1.54, 1.807) is 13.2 Å². The molecule has 0 amide bonds. The second kappa shape index (κ2) is 11.9. The number of methoxy groups -OCH3 is 1. The molecule has 200 valence electrons. The molecule has 0 bridgehead atoms. The number of aromatic hydroxyl groups is 1. The highest BCUT2D eigenvalue weighted by Gasteiger charge is 2.43. The van der Waals surface area contributed by atoms with Gasteiger partial charge in [-0.3, -0.25) is 0 Å². The average molecular weight is 541 g/mol. The standard InChI is InChI=1S/C33H33FN2O2S/c1-35-30(11-7-6-8-23-12-16-26(34)17-13-23)32(29-21-20-28(38-2)22-31(29)37)36(33(35)39)27-18-14-25(15-19-27)24-9-4-3-5-10-24/h3-5,9-10,12-22,30,32,37H,6-8,11H2,1-2H3. The molecule has 0 radical (unpaired) electrons. The van der Waals surface area contributed by atoms with Gasteiger partial charge in [-0.25, -0.2) is 4.39 Å². The van der Waals surface area contributed by atoms with Crippen LogP contribution < -0.4 is 9.64 Å². The van der Waals surface area contributed by atoms with E-state index in [9.17, 15) is 9.50 Å². The lowest BCUT2D eigenvalue weighted by molar-refractivity contribution is 0.330. The molecule has 1 aliphatic rings. The summed E-state index contributed by atoms with van der Waals surface area (Å²) in [6.07, 6.45) is 3.75. The number of halogens is 1. The summed E-state index contributed by atoms with van der Waals surface area (Å²) in [6, 6.07) is 30.9. The first kappa shape index (κ1) is 26.7. The Hall–Kier alpha value is -3.90. The van der Waals surface area contributed by atoms with Gasteiger partial charge in [0.1, 0.15) is 17.3 Å². The number of likely N-dealkylation sites (N-methyl/N-ethyl adjacent to an activating group) is 1. The van der Waals surface area contributed by atoms with Gasteiger partial charge in [-0.15, -0.1) is 0 Å². The number of phenols is 1. The summed E-state index contributed by atoms with van der Waals surface area (Å²) in [5.74, 6) is 0.596. The van der Waals surface area contributed by atoms with Gasteiger partial charge in [0, 0.05) is 24.4 Å². The van der Waals surface area contributed by atoms with Crippen molar-refractivity contribution in [3.05, 3.63) is 114 Å². The maximum Gasteiger partial charge on any atom is 0.176 e. The Bertz CT molecular complexity index is 1410. The third kappa shape index (κ3) is 5.76. The Morgan fingerprint density at radius 2 is 1.56 bits per heavy atom. The van der Waals surface area contributed by atoms with Crippen molar-refractivity contribution in [2.45, 2.75) is 37.8 Å². The Morgan fingerprint density at radius 3 is 2.23 bits per heavy atom. The van der Waals surface area contributed by atoms with Crippen LogP contribution in [0.4, 0.5) is 10.1 Å². The van der Waals surface area contributed by atoms with Gasteiger partial charge in [0.25, 0.3) is 0 Å². The molecule has 0 aliphatic carbocycles. The maximum atomic E-state index is 13.3. The van der Waals surface area contributed by atoms with Crippen LogP contribution >= 0.6 is 12.2 Å². The molecule has 39 heavy (non-hydrogen) atoms. The van der Waals surface area contributed by atoms with Crippen molar-refractivity contribution in [3.63, 3.8) is 0 Å². The molecule has 0 aromatic heterocycles. The van der Waals surface area contributed by atoms with Crippen molar-refractivity contribution in [3.8, 4) is 22.6 Å². The molecule has 4 aromatic carbocycles. The van der Waals surface area contributed by atoms with Crippen LogP contribution in [0.3, 0.4) is 0 Å². The molecule has 2 unspecified atom stereocenters. The molecule has 0 spiro atoms. The van der Waals surface area contributed by atoms with E-state index in [0.717, 1.165) is 58.7 Å². The Morgan fingerprint density at radius 1 is 0.872 bits per heavy atom. The van der Waals surface area contributed by atoms with Crippen molar-refractivity contribution in [2.24, 2.45) is 0 Å². The van der Waals surface area contributed by atoms with Crippen molar-refractivity contribution in [1.29, 1.82) is 0 Å². The van der Waals surface area contributed by atoms with Gasteiger partial charge in [-0.2, -0.15) is 0 Å². The van der Waals surface area contributed by atoms with Gasteiger partial charge >= 0.3 is 0 Å². The third-order valence-electron chi connectivity index (χ3n) is 7.59. The van der Waals surface area contributed by atoms with Crippen molar-refractivity contribution >= 4 is 23.0 Å². The maximum absolute atomic E-state index is 13.3. The summed E-state index contributed by atoms with van der Waals surface area (Å²) >= 11 is 6.00. The molecule has 1 saturated heterocycles. The van der Waals surface area contributed by atoms with E-state index in [4.69, 9.17) is 17.0 Å². The molecule has 4 nitrogen and oxygen atoms in total. The molecule has 4 aromatic rings. The zero-order valence-electron chi connectivity index (χ0n) is 22.3. The number of aryl methyl sites for hydroxylation is 1. The molecule has 1 fully saturated rings. The molecule has 1 N–H and O–H groups in total. The summed E-state index contributed by atoms with van der Waals surface area (Å²) < 4.78 is 18.6. The van der Waals surface area contributed by atoms with Crippen LogP contribution in [-0.2, 0) is 6.42 Å². The molecule has 1 heterocycles. The third-order valence-corrected chi connectivity index (χ3v) is 8.07. The number of nitrogens with zero attached hydrogens (tertiary/aromatic N) is 2. The fourth-order valence-electron chi connectivity index (χ4n) is 5.46. The normalized spacial score (nSPS) is 17.1. The van der Waals surface area contributed by atoms with Crippen LogP contribution in [0, 0.1) is 5.82 Å². The fraction of sp³-hybridized carbons (Fsp3) is 0.242. The molecule has 6 heteroatoms. The van der Waals surface area contributed by atoms with Gasteiger partial charge < -0.3 is 19.6 Å². The quantitative estimate of drug-likeness (QED) is 0.173. The first-order valence-corrected chi connectivity index (χ1v) is 13.7. The molecule has 1 aliphatic heterocycles. The molecule has 2 atom stereocenters. The highest BCUT2D eigenvalue weighted by Crippen LogP contribution is 2.44. The van der Waals surface area contributed by atoms with E-state index in [1.807, 2.05) is 49.5 Å². The van der Waals surface area contributed by atoms with Crippen LogP contribution in [-0.4, -0.2) is 35.3 Å². The number of benzene rings is 4. The minimum atomic E-state index is -0.209. The highest BCUT2D eigenvalue weighted by atomic mass is 32.1. The van der Waals surface area contributed by atoms with Gasteiger partial charge in [-0.05, 0) is 84.6 Å². The lowest BCUT2D eigenvalue weighted by atomic mass is 9.93. The number of unbranched alkanes of at least 4 members (excludes halogenated alkanes) is 1. The number of thiocarbonyl (C=S) groups is 1. The summed E-state index contributed by atoms with van der Waals surface area (Å²) in [5, 5.41) is 11.8. The average Bonchev–Trinajstić information content (AvgIpc) is 3.21. The molecule has 0 saturated carbocycles. The van der Waals surface area contributed by atoms with Gasteiger partial charge in [0.2, 0.25) is 0 Å². The van der Waals surface area contributed by atoms with Gasteiger partial charge in [0.15, 0.2) is 5.11 Å². The Balaban J connectivity index is 1.42. The lowest BCUT2D eigenvalue weighted by Crippen LogP contribution is -2.30. The van der Waals surface area contributed by atoms with E-state index >= 15 is 0 Å². The number of ether oxygens (including phenoxy) is 1. The van der Waals surface area contributed by atoms with Gasteiger partial charge in [0.05, 0.1) is 19.2 Å². The summed E-state index contributed by atoms with van der Waals surface area (Å²) in [7, 11) is 3.64. The summed E-state index contributed by atoms with van der Waals surface area (Å²) in [4.78, 5) is 4.32.